The number of rotatable bonds is 3. The number of carbonyl (C=O) groups excluding carboxylic acids is 1. The first-order valence-corrected chi connectivity index (χ1v) is 8.00. The van der Waals surface area contributed by atoms with Crippen LogP contribution in [0.1, 0.15) is 16.1 Å². The summed E-state index contributed by atoms with van der Waals surface area (Å²) in [6, 6.07) is 13.5. The molecule has 0 aliphatic carbocycles. The molecule has 4 aromatic rings. The summed E-state index contributed by atoms with van der Waals surface area (Å²) in [7, 11) is 0. The van der Waals surface area contributed by atoms with Crippen LogP contribution in [0.4, 0.5) is 4.39 Å². The zero-order chi connectivity index (χ0) is 18.1. The second-order valence-corrected chi connectivity index (χ2v) is 5.79. The summed E-state index contributed by atoms with van der Waals surface area (Å²) >= 11 is 0. The maximum atomic E-state index is 13.4. The molecule has 0 amide bonds. The van der Waals surface area contributed by atoms with Crippen molar-refractivity contribution in [1.82, 2.24) is 15.0 Å². The van der Waals surface area contributed by atoms with Crippen molar-refractivity contribution < 1.29 is 13.9 Å². The predicted octanol–water partition coefficient (Wildman–Crippen LogP) is 4.29. The Balaban J connectivity index is 1.62. The molecule has 0 radical (unpaired) electrons. The van der Waals surface area contributed by atoms with Crippen LogP contribution in [-0.4, -0.2) is 20.9 Å². The van der Waals surface area contributed by atoms with Crippen molar-refractivity contribution in [2.24, 2.45) is 0 Å². The van der Waals surface area contributed by atoms with Gasteiger partial charge < -0.3 is 9.72 Å². The quantitative estimate of drug-likeness (QED) is 0.561. The number of para-hydroxylation sites is 1. The van der Waals surface area contributed by atoms with Crippen LogP contribution in [0.3, 0.4) is 0 Å². The van der Waals surface area contributed by atoms with E-state index in [2.05, 4.69) is 15.0 Å². The molecule has 2 aromatic heterocycles. The average molecular weight is 347 g/mol. The Hall–Kier alpha value is -3.54. The van der Waals surface area contributed by atoms with Gasteiger partial charge in [-0.2, -0.15) is 0 Å². The largest absolute Gasteiger partial charge is 0.421 e. The fourth-order valence-electron chi connectivity index (χ4n) is 2.72. The van der Waals surface area contributed by atoms with Crippen molar-refractivity contribution >= 4 is 16.9 Å². The Morgan fingerprint density at radius 2 is 2.00 bits per heavy atom. The standard InChI is InChI=1S/C20H14FN3O2/c1-12-16(10-23-19(24-12)13-5-4-6-14(21)9-13)20(25)26-18-11-22-17-8-3-2-7-15(17)18/h2-11,22H,1H3. The van der Waals surface area contributed by atoms with Gasteiger partial charge in [-0.1, -0.05) is 24.3 Å². The highest BCUT2D eigenvalue weighted by molar-refractivity contribution is 5.95. The first kappa shape index (κ1) is 16.0. The smallest absolute Gasteiger partial charge is 0.347 e. The minimum absolute atomic E-state index is 0.260. The molecule has 1 N–H and O–H groups in total. The van der Waals surface area contributed by atoms with E-state index in [4.69, 9.17) is 4.74 Å². The highest BCUT2D eigenvalue weighted by Crippen LogP contribution is 2.26. The summed E-state index contributed by atoms with van der Waals surface area (Å²) in [5.41, 5.74) is 2.15. The molecule has 2 aromatic carbocycles. The van der Waals surface area contributed by atoms with Crippen molar-refractivity contribution in [3.8, 4) is 17.1 Å². The molecular formula is C20H14FN3O2. The van der Waals surface area contributed by atoms with Gasteiger partial charge in [0.1, 0.15) is 5.82 Å². The van der Waals surface area contributed by atoms with E-state index in [1.807, 2.05) is 24.3 Å². The minimum Gasteiger partial charge on any atom is -0.421 e. The van der Waals surface area contributed by atoms with Gasteiger partial charge in [-0.15, -0.1) is 0 Å². The average Bonchev–Trinajstić information content (AvgIpc) is 3.04. The van der Waals surface area contributed by atoms with E-state index in [0.717, 1.165) is 10.9 Å². The van der Waals surface area contributed by atoms with Gasteiger partial charge in [-0.3, -0.25) is 0 Å². The number of hydrogen-bond donors (Lipinski definition) is 1. The van der Waals surface area contributed by atoms with Gasteiger partial charge in [-0.05, 0) is 31.2 Å². The zero-order valence-electron chi connectivity index (χ0n) is 13.9. The predicted molar refractivity (Wildman–Crippen MR) is 95.4 cm³/mol. The molecule has 0 fully saturated rings. The van der Waals surface area contributed by atoms with E-state index in [0.29, 0.717) is 22.8 Å². The molecule has 128 valence electrons. The van der Waals surface area contributed by atoms with Gasteiger partial charge in [0.15, 0.2) is 11.6 Å². The fourth-order valence-corrected chi connectivity index (χ4v) is 2.72. The molecule has 0 atom stereocenters. The SMILES string of the molecule is Cc1nc(-c2cccc(F)c2)ncc1C(=O)Oc1c[nH]c2ccccc12. The van der Waals surface area contributed by atoms with Gasteiger partial charge in [0.05, 0.1) is 11.3 Å². The number of hydrogen-bond acceptors (Lipinski definition) is 4. The molecule has 26 heavy (non-hydrogen) atoms. The van der Waals surface area contributed by atoms with Gasteiger partial charge in [0, 0.05) is 28.9 Å². The number of halogens is 1. The maximum absolute atomic E-state index is 13.4. The van der Waals surface area contributed by atoms with Crippen molar-refractivity contribution in [2.75, 3.05) is 0 Å². The van der Waals surface area contributed by atoms with Gasteiger partial charge >= 0.3 is 5.97 Å². The second-order valence-electron chi connectivity index (χ2n) is 5.79. The normalized spacial score (nSPS) is 10.8. The Morgan fingerprint density at radius 1 is 1.15 bits per heavy atom. The molecule has 0 aliphatic rings. The summed E-state index contributed by atoms with van der Waals surface area (Å²) in [6.45, 7) is 1.69. The van der Waals surface area contributed by atoms with Crippen LogP contribution < -0.4 is 4.74 Å². The number of nitrogens with one attached hydrogen (secondary N) is 1. The van der Waals surface area contributed by atoms with Crippen LogP contribution >= 0.6 is 0 Å². The monoisotopic (exact) mass is 347 g/mol. The highest BCUT2D eigenvalue weighted by Gasteiger charge is 2.17. The number of H-pyrrole nitrogens is 1. The topological polar surface area (TPSA) is 67.9 Å². The summed E-state index contributed by atoms with van der Waals surface area (Å²) in [4.78, 5) is 24.0. The zero-order valence-corrected chi connectivity index (χ0v) is 13.9. The number of aromatic nitrogens is 3. The van der Waals surface area contributed by atoms with Crippen molar-refractivity contribution in [2.45, 2.75) is 6.92 Å². The number of nitrogens with zero attached hydrogens (tertiary/aromatic N) is 2. The molecule has 6 heteroatoms. The lowest BCUT2D eigenvalue weighted by Crippen LogP contribution is -2.12. The number of fused-ring (bicyclic) bond motifs is 1. The van der Waals surface area contributed by atoms with Crippen molar-refractivity contribution in [1.29, 1.82) is 0 Å². The Labute approximate surface area is 148 Å². The Kier molecular flexibility index (Phi) is 3.93. The first-order valence-electron chi connectivity index (χ1n) is 8.00. The highest BCUT2D eigenvalue weighted by atomic mass is 19.1. The van der Waals surface area contributed by atoms with E-state index in [1.54, 1.807) is 25.3 Å². The summed E-state index contributed by atoms with van der Waals surface area (Å²) in [5.74, 6) is -0.116. The van der Waals surface area contributed by atoms with Gasteiger partial charge in [-0.25, -0.2) is 19.2 Å². The van der Waals surface area contributed by atoms with E-state index >= 15 is 0 Å². The summed E-state index contributed by atoms with van der Waals surface area (Å²) in [6.07, 6.45) is 3.04. The lowest BCUT2D eigenvalue weighted by Gasteiger charge is -2.07. The number of esters is 1. The van der Waals surface area contributed by atoms with Crippen molar-refractivity contribution in [3.63, 3.8) is 0 Å². The Morgan fingerprint density at radius 3 is 2.81 bits per heavy atom. The molecule has 2 heterocycles. The summed E-state index contributed by atoms with van der Waals surface area (Å²) in [5, 5.41) is 0.816. The van der Waals surface area contributed by atoms with Crippen LogP contribution in [0, 0.1) is 12.7 Å². The van der Waals surface area contributed by atoms with Crippen LogP contribution in [0.15, 0.2) is 60.9 Å². The third-order valence-corrected chi connectivity index (χ3v) is 4.04. The lowest BCUT2D eigenvalue weighted by molar-refractivity contribution is 0.0735. The van der Waals surface area contributed by atoms with Crippen molar-refractivity contribution in [3.05, 3.63) is 78.0 Å². The molecule has 5 nitrogen and oxygen atoms in total. The molecule has 0 spiro atoms. The minimum atomic E-state index is -0.543. The molecule has 0 aliphatic heterocycles. The molecule has 0 saturated carbocycles. The van der Waals surface area contributed by atoms with Crippen LogP contribution in [0.2, 0.25) is 0 Å². The maximum Gasteiger partial charge on any atom is 0.347 e. The van der Waals surface area contributed by atoms with E-state index in [1.165, 1.54) is 18.3 Å². The van der Waals surface area contributed by atoms with Gasteiger partial charge in [0.25, 0.3) is 0 Å². The Bertz CT molecular complexity index is 1120. The molecule has 0 unspecified atom stereocenters. The van der Waals surface area contributed by atoms with E-state index in [-0.39, 0.29) is 11.4 Å². The second kappa shape index (κ2) is 6.40. The third-order valence-electron chi connectivity index (χ3n) is 4.04. The number of aryl methyl sites for hydroxylation is 1. The lowest BCUT2D eigenvalue weighted by atomic mass is 10.2. The molecule has 4 rings (SSSR count). The number of benzene rings is 2. The van der Waals surface area contributed by atoms with Gasteiger partial charge in [0.2, 0.25) is 0 Å². The fraction of sp³-hybridized carbons (Fsp3) is 0.0500. The number of aromatic amines is 1. The molecule has 0 bridgehead atoms. The third kappa shape index (κ3) is 2.93. The number of carbonyl (C=O) groups is 1. The van der Waals surface area contributed by atoms with Crippen LogP contribution in [-0.2, 0) is 0 Å². The summed E-state index contributed by atoms with van der Waals surface area (Å²) < 4.78 is 18.9. The van der Waals surface area contributed by atoms with Crippen LogP contribution in [0.5, 0.6) is 5.75 Å². The molecule has 0 saturated heterocycles. The molecular weight excluding hydrogens is 333 g/mol. The van der Waals surface area contributed by atoms with E-state index < -0.39 is 5.97 Å². The van der Waals surface area contributed by atoms with E-state index in [9.17, 15) is 9.18 Å². The number of ether oxygens (including phenoxy) is 1. The first-order chi connectivity index (χ1) is 12.6. The van der Waals surface area contributed by atoms with Crippen LogP contribution in [0.25, 0.3) is 22.3 Å².